The molecule has 5 heterocycles. The molecule has 1 N–H and O–H groups in total. The highest BCUT2D eigenvalue weighted by atomic mass is 19.3. The van der Waals surface area contributed by atoms with Crippen molar-refractivity contribution in [2.75, 3.05) is 24.7 Å². The fraction of sp³-hybridized carbons (Fsp3) is 0.500. The second kappa shape index (κ2) is 11.6. The lowest BCUT2D eigenvalue weighted by atomic mass is 9.73. The van der Waals surface area contributed by atoms with Crippen molar-refractivity contribution in [2.24, 2.45) is 5.92 Å². The molecule has 0 bridgehead atoms. The Morgan fingerprint density at radius 2 is 1.83 bits per heavy atom. The highest BCUT2D eigenvalue weighted by Crippen LogP contribution is 2.46. The van der Waals surface area contributed by atoms with Gasteiger partial charge in [0.1, 0.15) is 34.7 Å². The van der Waals surface area contributed by atoms with Crippen LogP contribution in [-0.2, 0) is 24.5 Å². The Kier molecular flexibility index (Phi) is 7.91. The summed E-state index contributed by atoms with van der Waals surface area (Å²) in [5.41, 5.74) is -1.47. The van der Waals surface area contributed by atoms with Crippen LogP contribution in [0.15, 0.2) is 46.9 Å². The van der Waals surface area contributed by atoms with Gasteiger partial charge in [0, 0.05) is 36.3 Å². The van der Waals surface area contributed by atoms with Gasteiger partial charge in [-0.3, -0.25) is 0 Å². The number of alkyl halides is 3. The molecule has 2 aromatic heterocycles. The second-order valence-electron chi connectivity index (χ2n) is 13.9. The number of hydrogen-bond donors (Lipinski definition) is 1. The van der Waals surface area contributed by atoms with Crippen molar-refractivity contribution in [3.63, 3.8) is 0 Å². The predicted octanol–water partition coefficient (Wildman–Crippen LogP) is 5.94. The maximum atomic E-state index is 17.1. The minimum atomic E-state index is -3.01. The highest BCUT2D eigenvalue weighted by molar-refractivity contribution is 6.62. The maximum Gasteiger partial charge on any atom is 0.494 e. The molecule has 48 heavy (non-hydrogen) atoms. The molecule has 4 aromatic rings. The Labute approximate surface area is 275 Å². The average Bonchev–Trinajstić information content (AvgIpc) is 3.69. The predicted molar refractivity (Wildman–Crippen MR) is 172 cm³/mol. The number of hydrogen-bond acceptors (Lipinski definition) is 9. The molecule has 2 aromatic carbocycles. The van der Waals surface area contributed by atoms with Gasteiger partial charge in [0.05, 0.1) is 24.4 Å². The van der Waals surface area contributed by atoms with Crippen LogP contribution < -0.4 is 15.1 Å². The Morgan fingerprint density at radius 1 is 1.10 bits per heavy atom. The van der Waals surface area contributed by atoms with Gasteiger partial charge < -0.3 is 33.2 Å². The van der Waals surface area contributed by atoms with Gasteiger partial charge in [-0.2, -0.15) is 0 Å². The summed E-state index contributed by atoms with van der Waals surface area (Å²) in [5.74, 6) is -2.28. The summed E-state index contributed by atoms with van der Waals surface area (Å²) in [6.07, 6.45) is -3.71. The van der Waals surface area contributed by atoms with Crippen LogP contribution in [-0.4, -0.2) is 71.3 Å². The molecule has 0 saturated carbocycles. The number of halogens is 3. The van der Waals surface area contributed by atoms with Crippen molar-refractivity contribution < 1.29 is 46.3 Å². The minimum Gasteiger partial charge on any atom is -0.488 e. The van der Waals surface area contributed by atoms with E-state index in [2.05, 4.69) is 9.97 Å². The fourth-order valence-corrected chi connectivity index (χ4v) is 6.78. The molecule has 254 valence electrons. The Morgan fingerprint density at radius 3 is 2.52 bits per heavy atom. The molecule has 10 nitrogen and oxygen atoms in total. The van der Waals surface area contributed by atoms with Crippen molar-refractivity contribution >= 4 is 46.4 Å². The van der Waals surface area contributed by atoms with Crippen molar-refractivity contribution in [3.8, 4) is 5.75 Å². The van der Waals surface area contributed by atoms with E-state index in [9.17, 15) is 18.7 Å². The molecule has 0 unspecified atom stereocenters. The van der Waals surface area contributed by atoms with E-state index in [1.54, 1.807) is 49.4 Å². The third kappa shape index (κ3) is 5.38. The fourth-order valence-electron chi connectivity index (χ4n) is 6.78. The van der Waals surface area contributed by atoms with Crippen LogP contribution in [0.3, 0.4) is 0 Å². The van der Waals surface area contributed by atoms with E-state index < -0.39 is 60.3 Å². The van der Waals surface area contributed by atoms with Crippen LogP contribution in [0.25, 0.3) is 22.1 Å². The largest absolute Gasteiger partial charge is 0.494 e. The number of para-hydroxylation sites is 1. The third-order valence-corrected chi connectivity index (χ3v) is 10.3. The van der Waals surface area contributed by atoms with E-state index in [0.29, 0.717) is 16.4 Å². The van der Waals surface area contributed by atoms with E-state index in [-0.39, 0.29) is 60.8 Å². The monoisotopic (exact) mass is 667 g/mol. The molecular formula is C34H37BF3N3O7. The number of aliphatic carboxylic acids is 1. The van der Waals surface area contributed by atoms with Gasteiger partial charge in [-0.25, -0.2) is 27.9 Å². The minimum absolute atomic E-state index is 0.0264. The summed E-state index contributed by atoms with van der Waals surface area (Å²) in [5, 5.41) is 10.8. The summed E-state index contributed by atoms with van der Waals surface area (Å²) < 4.78 is 75.7. The zero-order valence-electron chi connectivity index (χ0n) is 27.3. The van der Waals surface area contributed by atoms with E-state index in [1.807, 2.05) is 27.7 Å². The highest BCUT2D eigenvalue weighted by Gasteiger charge is 2.53. The Bertz CT molecular complexity index is 1870. The van der Waals surface area contributed by atoms with Crippen molar-refractivity contribution in [1.82, 2.24) is 9.97 Å². The first-order valence-electron chi connectivity index (χ1n) is 16.1. The van der Waals surface area contributed by atoms with E-state index in [0.717, 1.165) is 0 Å². The summed E-state index contributed by atoms with van der Waals surface area (Å²) in [6, 6.07) is 10.8. The van der Waals surface area contributed by atoms with E-state index in [4.69, 9.17) is 23.2 Å². The maximum absolute atomic E-state index is 17.1. The number of benzene rings is 2. The summed E-state index contributed by atoms with van der Waals surface area (Å²) in [6.45, 7) is 9.91. The Balaban J connectivity index is 1.26. The molecule has 0 radical (unpaired) electrons. The van der Waals surface area contributed by atoms with Gasteiger partial charge in [0.2, 0.25) is 0 Å². The zero-order valence-corrected chi connectivity index (χ0v) is 27.3. The molecule has 0 spiro atoms. The van der Waals surface area contributed by atoms with Crippen molar-refractivity contribution in [2.45, 2.75) is 82.9 Å². The average molecular weight is 667 g/mol. The smallest absolute Gasteiger partial charge is 0.488 e. The lowest BCUT2D eigenvalue weighted by Crippen LogP contribution is -2.41. The Hall–Kier alpha value is -3.88. The zero-order chi connectivity index (χ0) is 34.2. The van der Waals surface area contributed by atoms with Crippen LogP contribution in [0.1, 0.15) is 65.3 Å². The van der Waals surface area contributed by atoms with Crippen LogP contribution in [0.4, 0.5) is 19.0 Å². The van der Waals surface area contributed by atoms with Gasteiger partial charge in [-0.05, 0) is 51.4 Å². The molecule has 0 amide bonds. The van der Waals surface area contributed by atoms with E-state index in [1.165, 1.54) is 4.90 Å². The van der Waals surface area contributed by atoms with Gasteiger partial charge in [0.15, 0.2) is 17.2 Å². The molecule has 3 aliphatic heterocycles. The second-order valence-corrected chi connectivity index (χ2v) is 13.9. The molecule has 0 aliphatic carbocycles. The molecular weight excluding hydrogens is 630 g/mol. The molecule has 3 saturated heterocycles. The molecule has 3 fully saturated rings. The van der Waals surface area contributed by atoms with Crippen LogP contribution in [0, 0.1) is 5.92 Å². The first kappa shape index (κ1) is 32.7. The molecule has 14 heteroatoms. The summed E-state index contributed by atoms with van der Waals surface area (Å²) in [4.78, 5) is 22.1. The van der Waals surface area contributed by atoms with Crippen molar-refractivity contribution in [1.29, 1.82) is 0 Å². The third-order valence-electron chi connectivity index (χ3n) is 10.3. The first-order chi connectivity index (χ1) is 22.7. The number of anilines is 1. The molecule has 7 rings (SSSR count). The normalized spacial score (nSPS) is 27.0. The van der Waals surface area contributed by atoms with Crippen molar-refractivity contribution in [3.05, 3.63) is 53.9 Å². The number of furan rings is 1. The SMILES string of the molecule is C[C@H]1COCC[C@]1(F)c1cc(B2OC(C)(C)C(C)(C)O2)ccc1O[C@H]1C[C@@H](C(=O)O)N(c2nc(C(F)F)nc3c2oc2ccccc23)C1. The van der Waals surface area contributed by atoms with Gasteiger partial charge in [-0.1, -0.05) is 31.2 Å². The van der Waals surface area contributed by atoms with Crippen LogP contribution in [0.5, 0.6) is 5.75 Å². The summed E-state index contributed by atoms with van der Waals surface area (Å²) in [7, 11) is -0.743. The summed E-state index contributed by atoms with van der Waals surface area (Å²) >= 11 is 0. The number of carbonyl (C=O) groups is 1. The molecule has 4 atom stereocenters. The number of fused-ring (bicyclic) bond motifs is 3. The number of aromatic nitrogens is 2. The van der Waals surface area contributed by atoms with Gasteiger partial charge in [0.25, 0.3) is 6.43 Å². The van der Waals surface area contributed by atoms with Gasteiger partial charge >= 0.3 is 13.1 Å². The van der Waals surface area contributed by atoms with E-state index >= 15 is 4.39 Å². The number of ether oxygens (including phenoxy) is 2. The number of rotatable bonds is 7. The quantitative estimate of drug-likeness (QED) is 0.237. The van der Waals surface area contributed by atoms with Crippen LogP contribution in [0.2, 0.25) is 0 Å². The number of nitrogens with zero attached hydrogens (tertiary/aromatic N) is 3. The first-order valence-corrected chi connectivity index (χ1v) is 16.1. The van der Waals surface area contributed by atoms with Gasteiger partial charge in [-0.15, -0.1) is 0 Å². The molecule has 3 aliphatic rings. The topological polar surface area (TPSA) is 116 Å². The van der Waals surface area contributed by atoms with Crippen LogP contribution >= 0.6 is 0 Å². The number of carboxylic acid groups (broad SMARTS) is 1. The lowest BCUT2D eigenvalue weighted by Gasteiger charge is -2.37. The standard InChI is InChI=1S/C34H37BF3N3O7/c1-18-17-44-13-12-34(18,38)22-14-19(35-47-32(2,3)33(4,5)48-35)10-11-25(22)45-20-15-23(31(42)43)41(16-20)30-27-26(39-29(40-30)28(36)37)21-8-6-7-9-24(21)46-27/h6-11,14,18,20,23,28H,12-13,15-17H2,1-5H3,(H,42,43)/t18-,20-,23-,34+/m0/s1. The lowest BCUT2D eigenvalue weighted by molar-refractivity contribution is -0.138. The number of carboxylic acids is 1.